The Kier molecular flexibility index (Phi) is 7.55. The van der Waals surface area contributed by atoms with Crippen LogP contribution >= 0.6 is 0 Å². The standard InChI is InChI=1S/C33H27NO5/c1-23(35)34-20-27(30-19-29(16-17-32(30)34)39-22-25-10-6-3-7-11-25)18-31(33(36)37)26-12-14-28(15-13-26)38-21-24-8-4-2-5-9-24/h2-20H,21-22H2,1H3,(H,36,37)/b31-18+. The molecule has 0 aliphatic heterocycles. The van der Waals surface area contributed by atoms with Gasteiger partial charge in [-0.25, -0.2) is 4.79 Å². The molecule has 0 saturated heterocycles. The third kappa shape index (κ3) is 6.08. The Morgan fingerprint density at radius 1 is 0.769 bits per heavy atom. The number of fused-ring (bicyclic) bond motifs is 1. The summed E-state index contributed by atoms with van der Waals surface area (Å²) in [6.07, 6.45) is 3.25. The molecule has 1 heterocycles. The molecular formula is C33H27NO5. The van der Waals surface area contributed by atoms with Gasteiger partial charge in [0, 0.05) is 24.1 Å². The number of carbonyl (C=O) groups excluding carboxylic acids is 1. The molecule has 0 amide bonds. The number of aromatic nitrogens is 1. The van der Waals surface area contributed by atoms with Crippen molar-refractivity contribution in [1.29, 1.82) is 0 Å². The van der Waals surface area contributed by atoms with E-state index in [1.165, 1.54) is 11.5 Å². The lowest BCUT2D eigenvalue weighted by Gasteiger charge is -2.08. The number of benzene rings is 4. The second-order valence-corrected chi connectivity index (χ2v) is 9.09. The smallest absolute Gasteiger partial charge is 0.336 e. The van der Waals surface area contributed by atoms with Crippen LogP contribution in [0.2, 0.25) is 0 Å². The minimum Gasteiger partial charge on any atom is -0.489 e. The van der Waals surface area contributed by atoms with Gasteiger partial charge in [-0.2, -0.15) is 0 Å². The Hall–Kier alpha value is -5.10. The highest BCUT2D eigenvalue weighted by molar-refractivity contribution is 6.21. The number of hydrogen-bond acceptors (Lipinski definition) is 4. The van der Waals surface area contributed by atoms with Crippen molar-refractivity contribution < 1.29 is 24.2 Å². The lowest BCUT2D eigenvalue weighted by molar-refractivity contribution is -0.130. The number of carboxylic acids is 1. The molecule has 0 spiro atoms. The zero-order valence-corrected chi connectivity index (χ0v) is 21.4. The van der Waals surface area contributed by atoms with Crippen LogP contribution < -0.4 is 9.47 Å². The summed E-state index contributed by atoms with van der Waals surface area (Å²) in [4.78, 5) is 24.6. The second kappa shape index (κ2) is 11.5. The Morgan fingerprint density at radius 3 is 1.90 bits per heavy atom. The molecule has 4 aromatic carbocycles. The maximum Gasteiger partial charge on any atom is 0.336 e. The lowest BCUT2D eigenvalue weighted by atomic mass is 10.0. The normalized spacial score (nSPS) is 11.4. The predicted molar refractivity (Wildman–Crippen MR) is 152 cm³/mol. The molecule has 0 radical (unpaired) electrons. The fourth-order valence-electron chi connectivity index (χ4n) is 4.34. The molecule has 6 nitrogen and oxygen atoms in total. The minimum absolute atomic E-state index is 0.0998. The molecular weight excluding hydrogens is 490 g/mol. The summed E-state index contributed by atoms with van der Waals surface area (Å²) in [5.74, 6) is 0.0161. The molecule has 0 aliphatic carbocycles. The molecule has 1 aromatic heterocycles. The highest BCUT2D eigenvalue weighted by Gasteiger charge is 2.16. The van der Waals surface area contributed by atoms with Crippen LogP contribution in [0.4, 0.5) is 0 Å². The van der Waals surface area contributed by atoms with Crippen LogP contribution in [-0.4, -0.2) is 21.6 Å². The Balaban J connectivity index is 1.44. The van der Waals surface area contributed by atoms with Gasteiger partial charge in [-0.15, -0.1) is 0 Å². The van der Waals surface area contributed by atoms with Gasteiger partial charge in [0.25, 0.3) is 0 Å². The van der Waals surface area contributed by atoms with Gasteiger partial charge in [-0.3, -0.25) is 9.36 Å². The molecule has 0 fully saturated rings. The van der Waals surface area contributed by atoms with Gasteiger partial charge in [0.2, 0.25) is 5.91 Å². The highest BCUT2D eigenvalue weighted by atomic mass is 16.5. The van der Waals surface area contributed by atoms with Crippen molar-refractivity contribution in [3.05, 3.63) is 132 Å². The van der Waals surface area contributed by atoms with Crippen LogP contribution in [0.25, 0.3) is 22.6 Å². The molecule has 0 bridgehead atoms. The van der Waals surface area contributed by atoms with Crippen LogP contribution in [-0.2, 0) is 18.0 Å². The molecule has 39 heavy (non-hydrogen) atoms. The van der Waals surface area contributed by atoms with Gasteiger partial charge in [-0.1, -0.05) is 72.8 Å². The summed E-state index contributed by atoms with van der Waals surface area (Å²) in [5, 5.41) is 10.8. The Labute approximate surface area is 226 Å². The van der Waals surface area contributed by atoms with E-state index in [1.807, 2.05) is 78.9 Å². The molecule has 0 unspecified atom stereocenters. The summed E-state index contributed by atoms with van der Waals surface area (Å²) < 4.78 is 13.3. The number of aliphatic carboxylic acids is 1. The van der Waals surface area contributed by atoms with Crippen LogP contribution in [0.15, 0.2) is 109 Å². The van der Waals surface area contributed by atoms with E-state index in [0.717, 1.165) is 16.5 Å². The first kappa shape index (κ1) is 25.5. The van der Waals surface area contributed by atoms with E-state index < -0.39 is 5.97 Å². The molecule has 0 saturated carbocycles. The van der Waals surface area contributed by atoms with Gasteiger partial charge in [0.1, 0.15) is 24.7 Å². The fraction of sp³-hybridized carbons (Fsp3) is 0.0909. The molecule has 5 aromatic rings. The Morgan fingerprint density at radius 2 is 1.33 bits per heavy atom. The lowest BCUT2D eigenvalue weighted by Crippen LogP contribution is -2.03. The van der Waals surface area contributed by atoms with Crippen LogP contribution in [0, 0.1) is 0 Å². The monoisotopic (exact) mass is 517 g/mol. The van der Waals surface area contributed by atoms with Gasteiger partial charge in [0.05, 0.1) is 11.1 Å². The van der Waals surface area contributed by atoms with Crippen molar-refractivity contribution in [2.24, 2.45) is 0 Å². The number of carbonyl (C=O) groups is 2. The third-order valence-corrected chi connectivity index (χ3v) is 6.34. The zero-order valence-electron chi connectivity index (χ0n) is 21.4. The molecule has 5 rings (SSSR count). The number of rotatable bonds is 9. The maximum atomic E-state index is 12.3. The number of ether oxygens (including phenoxy) is 2. The van der Waals surface area contributed by atoms with E-state index in [2.05, 4.69) is 0 Å². The average molecular weight is 518 g/mol. The molecule has 0 aliphatic rings. The largest absolute Gasteiger partial charge is 0.489 e. The van der Waals surface area contributed by atoms with Crippen molar-refractivity contribution in [2.75, 3.05) is 0 Å². The molecule has 194 valence electrons. The SMILES string of the molecule is CC(=O)n1cc(/C=C(/C(=O)O)c2ccc(OCc3ccccc3)cc2)c2cc(OCc3ccccc3)ccc21. The van der Waals surface area contributed by atoms with E-state index in [4.69, 9.17) is 9.47 Å². The van der Waals surface area contributed by atoms with Crippen molar-refractivity contribution in [2.45, 2.75) is 20.1 Å². The van der Waals surface area contributed by atoms with Crippen molar-refractivity contribution in [3.63, 3.8) is 0 Å². The molecule has 1 N–H and O–H groups in total. The van der Waals surface area contributed by atoms with Crippen LogP contribution in [0.1, 0.15) is 34.0 Å². The minimum atomic E-state index is -1.08. The van der Waals surface area contributed by atoms with Crippen molar-refractivity contribution >= 4 is 34.4 Å². The van der Waals surface area contributed by atoms with Gasteiger partial charge >= 0.3 is 5.97 Å². The maximum absolute atomic E-state index is 12.3. The number of hydrogen-bond donors (Lipinski definition) is 1. The first-order chi connectivity index (χ1) is 19.0. The van der Waals surface area contributed by atoms with E-state index in [0.29, 0.717) is 41.4 Å². The van der Waals surface area contributed by atoms with Gasteiger partial charge in [-0.05, 0) is 53.1 Å². The fourth-order valence-corrected chi connectivity index (χ4v) is 4.34. The number of nitrogens with zero attached hydrogens (tertiary/aromatic N) is 1. The van der Waals surface area contributed by atoms with E-state index >= 15 is 0 Å². The van der Waals surface area contributed by atoms with E-state index in [-0.39, 0.29) is 11.5 Å². The van der Waals surface area contributed by atoms with Crippen LogP contribution in [0.5, 0.6) is 11.5 Å². The average Bonchev–Trinajstić information content (AvgIpc) is 3.33. The van der Waals surface area contributed by atoms with Crippen molar-refractivity contribution in [3.8, 4) is 11.5 Å². The summed E-state index contributed by atoms with van der Waals surface area (Å²) in [7, 11) is 0. The van der Waals surface area contributed by atoms with Gasteiger partial charge in [0.15, 0.2) is 0 Å². The third-order valence-electron chi connectivity index (χ3n) is 6.34. The topological polar surface area (TPSA) is 77.8 Å². The summed E-state index contributed by atoms with van der Waals surface area (Å²) in [6, 6.07) is 32.0. The summed E-state index contributed by atoms with van der Waals surface area (Å²) in [6.45, 7) is 2.28. The van der Waals surface area contributed by atoms with E-state index in [9.17, 15) is 14.7 Å². The summed E-state index contributed by atoms with van der Waals surface area (Å²) >= 11 is 0. The highest BCUT2D eigenvalue weighted by Crippen LogP contribution is 2.30. The first-order valence-electron chi connectivity index (χ1n) is 12.5. The Bertz CT molecular complexity index is 1630. The first-order valence-corrected chi connectivity index (χ1v) is 12.5. The molecule has 0 atom stereocenters. The number of carboxylic acid groups (broad SMARTS) is 1. The quantitative estimate of drug-likeness (QED) is 0.211. The molecule has 6 heteroatoms. The summed E-state index contributed by atoms with van der Waals surface area (Å²) in [5.41, 5.74) is 3.98. The zero-order chi connectivity index (χ0) is 27.2. The van der Waals surface area contributed by atoms with E-state index in [1.54, 1.807) is 36.5 Å². The van der Waals surface area contributed by atoms with Crippen LogP contribution in [0.3, 0.4) is 0 Å². The predicted octanol–water partition coefficient (Wildman–Crippen LogP) is 7.08. The van der Waals surface area contributed by atoms with Gasteiger partial charge < -0.3 is 14.6 Å². The van der Waals surface area contributed by atoms with Crippen molar-refractivity contribution in [1.82, 2.24) is 4.57 Å². The second-order valence-electron chi connectivity index (χ2n) is 9.09.